The average molecular weight is 128 g/mol. The Morgan fingerprint density at radius 3 is 2.22 bits per heavy atom. The van der Waals surface area contributed by atoms with Gasteiger partial charge < -0.3 is 0 Å². The average Bonchev–Trinajstić information content (AvgIpc) is 1.85. The maximum Gasteiger partial charge on any atom is 0.0212 e. The Balaban J connectivity index is 2.95. The van der Waals surface area contributed by atoms with Gasteiger partial charge in [0.15, 0.2) is 0 Å². The van der Waals surface area contributed by atoms with Gasteiger partial charge in [-0.2, -0.15) is 0 Å². The van der Waals surface area contributed by atoms with Crippen LogP contribution in [0.15, 0.2) is 0 Å². The van der Waals surface area contributed by atoms with E-state index in [1.807, 2.05) is 0 Å². The van der Waals surface area contributed by atoms with Crippen LogP contribution in [0.25, 0.3) is 0 Å². The molecule has 1 atom stereocenters. The predicted molar refractivity (Wildman–Crippen MR) is 41.3 cm³/mol. The minimum Gasteiger partial charge on any atom is -0.255 e. The Kier molecular flexibility index (Phi) is 6.06. The normalized spacial score (nSPS) is 13.7. The van der Waals surface area contributed by atoms with Crippen LogP contribution in [0.5, 0.6) is 0 Å². The molecule has 1 N–H and O–H groups in total. The first-order chi connectivity index (χ1) is 4.31. The molecular formula is C8H18N. The second-order valence-corrected chi connectivity index (χ2v) is 2.63. The lowest BCUT2D eigenvalue weighted by Gasteiger charge is -2.06. The fourth-order valence-corrected chi connectivity index (χ4v) is 0.943. The molecule has 0 bridgehead atoms. The highest BCUT2D eigenvalue weighted by atomic mass is 14.6. The number of hydrogen-bond donors (Lipinski definition) is 0. The minimum atomic E-state index is 0.218. The monoisotopic (exact) mass is 128 g/mol. The van der Waals surface area contributed by atoms with Crippen LogP contribution in [0.1, 0.15) is 46.0 Å². The lowest BCUT2D eigenvalue weighted by Crippen LogP contribution is -2.07. The number of unbranched alkanes of at least 4 members (excludes halogenated alkanes) is 1. The molecule has 0 heterocycles. The second-order valence-electron chi connectivity index (χ2n) is 2.63. The molecule has 1 heteroatoms. The van der Waals surface area contributed by atoms with Crippen molar-refractivity contribution in [3.05, 3.63) is 0 Å². The summed E-state index contributed by atoms with van der Waals surface area (Å²) in [5.74, 6) is 0. The molecule has 9 heavy (non-hydrogen) atoms. The highest BCUT2D eigenvalue weighted by Gasteiger charge is 1.98. The molecule has 0 spiro atoms. The molecule has 0 rings (SSSR count). The topological polar surface area (TPSA) is 23.8 Å². The van der Waals surface area contributed by atoms with Crippen molar-refractivity contribution in [3.63, 3.8) is 0 Å². The molecule has 55 valence electrons. The van der Waals surface area contributed by atoms with Crippen molar-refractivity contribution in [1.29, 1.82) is 0 Å². The van der Waals surface area contributed by atoms with E-state index < -0.39 is 0 Å². The highest BCUT2D eigenvalue weighted by molar-refractivity contribution is 4.57. The quantitative estimate of drug-likeness (QED) is 0.543. The van der Waals surface area contributed by atoms with E-state index in [1.165, 1.54) is 12.8 Å². The fraction of sp³-hybridized carbons (Fsp3) is 1.00. The van der Waals surface area contributed by atoms with Crippen LogP contribution in [0.4, 0.5) is 0 Å². The smallest absolute Gasteiger partial charge is 0.0212 e. The largest absolute Gasteiger partial charge is 0.255 e. The Bertz CT molecular complexity index is 52.5. The molecule has 0 aliphatic rings. The van der Waals surface area contributed by atoms with Crippen molar-refractivity contribution in [2.24, 2.45) is 0 Å². The van der Waals surface area contributed by atoms with E-state index in [1.54, 1.807) is 0 Å². The van der Waals surface area contributed by atoms with Crippen molar-refractivity contribution >= 4 is 0 Å². The third kappa shape index (κ3) is 5.84. The standard InChI is InChI=1S/C8H18N/c1-3-5-7-8(9)6-4-2/h8-9H,3-7H2,1-2H3. The molecule has 0 amide bonds. The van der Waals surface area contributed by atoms with Gasteiger partial charge in [-0.05, 0) is 12.8 Å². The summed E-state index contributed by atoms with van der Waals surface area (Å²) in [6.07, 6.45) is 5.81. The maximum absolute atomic E-state index is 7.48. The lowest BCUT2D eigenvalue weighted by molar-refractivity contribution is 0.522. The fourth-order valence-electron chi connectivity index (χ4n) is 0.943. The third-order valence-electron chi connectivity index (χ3n) is 1.54. The molecule has 0 aromatic rings. The SMILES string of the molecule is CCCCC([NH])CCC. The summed E-state index contributed by atoms with van der Waals surface area (Å²) >= 11 is 0. The zero-order valence-electron chi connectivity index (χ0n) is 6.61. The molecule has 0 saturated heterocycles. The molecule has 0 aromatic carbocycles. The summed E-state index contributed by atoms with van der Waals surface area (Å²) in [4.78, 5) is 0. The Morgan fingerprint density at radius 1 is 1.11 bits per heavy atom. The van der Waals surface area contributed by atoms with Crippen molar-refractivity contribution in [2.45, 2.75) is 52.0 Å². The first-order valence-electron chi connectivity index (χ1n) is 4.02. The van der Waals surface area contributed by atoms with Crippen molar-refractivity contribution in [2.75, 3.05) is 0 Å². The summed E-state index contributed by atoms with van der Waals surface area (Å²) in [7, 11) is 0. The van der Waals surface area contributed by atoms with Gasteiger partial charge in [0.25, 0.3) is 0 Å². The molecule has 1 radical (unpaired) electrons. The molecule has 0 aliphatic carbocycles. The van der Waals surface area contributed by atoms with Gasteiger partial charge in [0, 0.05) is 6.04 Å². The summed E-state index contributed by atoms with van der Waals surface area (Å²) in [5.41, 5.74) is 7.48. The van der Waals surface area contributed by atoms with Crippen molar-refractivity contribution < 1.29 is 0 Å². The Labute approximate surface area is 58.6 Å². The van der Waals surface area contributed by atoms with Crippen LogP contribution in [-0.2, 0) is 0 Å². The van der Waals surface area contributed by atoms with E-state index in [0.29, 0.717) is 0 Å². The van der Waals surface area contributed by atoms with Gasteiger partial charge in [-0.15, -0.1) is 0 Å². The number of rotatable bonds is 5. The molecule has 0 fully saturated rings. The van der Waals surface area contributed by atoms with Crippen LogP contribution < -0.4 is 5.73 Å². The van der Waals surface area contributed by atoms with Crippen LogP contribution in [0.3, 0.4) is 0 Å². The van der Waals surface area contributed by atoms with Crippen LogP contribution in [0, 0.1) is 0 Å². The Morgan fingerprint density at radius 2 is 1.78 bits per heavy atom. The molecule has 1 unspecified atom stereocenters. The van der Waals surface area contributed by atoms with E-state index in [0.717, 1.165) is 19.3 Å². The number of hydrogen-bond acceptors (Lipinski definition) is 0. The summed E-state index contributed by atoms with van der Waals surface area (Å²) in [5, 5.41) is 0. The van der Waals surface area contributed by atoms with Gasteiger partial charge in [0.05, 0.1) is 0 Å². The van der Waals surface area contributed by atoms with E-state index in [4.69, 9.17) is 5.73 Å². The van der Waals surface area contributed by atoms with Gasteiger partial charge in [-0.1, -0.05) is 33.1 Å². The van der Waals surface area contributed by atoms with E-state index >= 15 is 0 Å². The van der Waals surface area contributed by atoms with Crippen molar-refractivity contribution in [3.8, 4) is 0 Å². The van der Waals surface area contributed by atoms with Crippen LogP contribution in [0.2, 0.25) is 0 Å². The van der Waals surface area contributed by atoms with Crippen molar-refractivity contribution in [1.82, 2.24) is 5.73 Å². The first kappa shape index (κ1) is 8.96. The van der Waals surface area contributed by atoms with Crippen LogP contribution in [-0.4, -0.2) is 6.04 Å². The summed E-state index contributed by atoms with van der Waals surface area (Å²) in [6.45, 7) is 4.33. The summed E-state index contributed by atoms with van der Waals surface area (Å²) in [6, 6.07) is 0.218. The lowest BCUT2D eigenvalue weighted by atomic mass is 10.1. The highest BCUT2D eigenvalue weighted by Crippen LogP contribution is 2.04. The zero-order valence-corrected chi connectivity index (χ0v) is 6.61. The number of nitrogens with one attached hydrogen (secondary N) is 1. The zero-order chi connectivity index (χ0) is 7.11. The van der Waals surface area contributed by atoms with Crippen LogP contribution >= 0.6 is 0 Å². The Hall–Kier alpha value is -0.0400. The van der Waals surface area contributed by atoms with Gasteiger partial charge in [-0.3, -0.25) is 5.73 Å². The van der Waals surface area contributed by atoms with E-state index in [2.05, 4.69) is 13.8 Å². The van der Waals surface area contributed by atoms with Gasteiger partial charge in [0.1, 0.15) is 0 Å². The molecule has 0 saturated carbocycles. The molecular weight excluding hydrogens is 110 g/mol. The second kappa shape index (κ2) is 6.09. The predicted octanol–water partition coefficient (Wildman–Crippen LogP) is 2.63. The van der Waals surface area contributed by atoms with Gasteiger partial charge >= 0.3 is 0 Å². The maximum atomic E-state index is 7.48. The van der Waals surface area contributed by atoms with E-state index in [-0.39, 0.29) is 6.04 Å². The molecule has 1 nitrogen and oxygen atoms in total. The minimum absolute atomic E-state index is 0.218. The third-order valence-corrected chi connectivity index (χ3v) is 1.54. The van der Waals surface area contributed by atoms with Gasteiger partial charge in [0.2, 0.25) is 0 Å². The van der Waals surface area contributed by atoms with E-state index in [9.17, 15) is 0 Å². The molecule has 0 aliphatic heterocycles. The molecule has 0 aromatic heterocycles. The van der Waals surface area contributed by atoms with Gasteiger partial charge in [-0.25, -0.2) is 0 Å². The summed E-state index contributed by atoms with van der Waals surface area (Å²) < 4.78 is 0. The first-order valence-corrected chi connectivity index (χ1v) is 4.02.